The summed E-state index contributed by atoms with van der Waals surface area (Å²) in [5.74, 6) is 0.813. The van der Waals surface area contributed by atoms with Gasteiger partial charge in [0, 0.05) is 31.1 Å². The summed E-state index contributed by atoms with van der Waals surface area (Å²) in [6, 6.07) is 5.69. The van der Waals surface area contributed by atoms with Crippen LogP contribution in [0.4, 0.5) is 0 Å². The van der Waals surface area contributed by atoms with Crippen molar-refractivity contribution in [3.63, 3.8) is 0 Å². The first-order chi connectivity index (χ1) is 12.7. The van der Waals surface area contributed by atoms with Gasteiger partial charge in [-0.1, -0.05) is 6.07 Å². The molecule has 0 unspecified atom stereocenters. The third-order valence-electron chi connectivity index (χ3n) is 4.52. The summed E-state index contributed by atoms with van der Waals surface area (Å²) in [6.45, 7) is 3.82. The third-order valence-corrected chi connectivity index (χ3v) is 4.52. The van der Waals surface area contributed by atoms with Crippen LogP contribution in [0.25, 0.3) is 5.65 Å². The summed E-state index contributed by atoms with van der Waals surface area (Å²) in [4.78, 5) is 25.7. The quantitative estimate of drug-likeness (QED) is 0.780. The van der Waals surface area contributed by atoms with Crippen molar-refractivity contribution in [1.29, 1.82) is 0 Å². The minimum atomic E-state index is -0.215. The molecule has 0 spiro atoms. The predicted octanol–water partition coefficient (Wildman–Crippen LogP) is 2.26. The fraction of sp³-hybridized carbons (Fsp3) is 0.368. The zero-order valence-corrected chi connectivity index (χ0v) is 14.7. The number of rotatable bonds is 4. The molecule has 1 N–H and O–H groups in total. The largest absolute Gasteiger partial charge is 0.381 e. The predicted molar refractivity (Wildman–Crippen MR) is 95.9 cm³/mol. The summed E-state index contributed by atoms with van der Waals surface area (Å²) in [7, 11) is 0. The highest BCUT2D eigenvalue weighted by atomic mass is 16.5. The zero-order valence-electron chi connectivity index (χ0n) is 14.7. The molecule has 1 amide bonds. The lowest BCUT2D eigenvalue weighted by Gasteiger charge is -2.20. The Balaban J connectivity index is 1.43. The third kappa shape index (κ3) is 3.57. The zero-order chi connectivity index (χ0) is 17.9. The van der Waals surface area contributed by atoms with Gasteiger partial charge in [-0.3, -0.25) is 4.79 Å². The Hall–Kier alpha value is -2.80. The lowest BCUT2D eigenvalue weighted by molar-refractivity contribution is 0.0779. The molecular formula is C19H21N5O2. The molecule has 134 valence electrons. The van der Waals surface area contributed by atoms with Crippen LogP contribution in [0.15, 0.2) is 36.8 Å². The number of amides is 1. The molecule has 1 aliphatic heterocycles. The van der Waals surface area contributed by atoms with Crippen molar-refractivity contribution in [3.8, 4) is 0 Å². The highest BCUT2D eigenvalue weighted by Crippen LogP contribution is 2.22. The van der Waals surface area contributed by atoms with Gasteiger partial charge in [-0.25, -0.2) is 15.0 Å². The van der Waals surface area contributed by atoms with E-state index in [1.54, 1.807) is 12.4 Å². The number of pyridine rings is 1. The molecule has 0 radical (unpaired) electrons. The van der Waals surface area contributed by atoms with Gasteiger partial charge in [-0.15, -0.1) is 0 Å². The number of nitrogens with one attached hydrogen (secondary N) is 1. The average Bonchev–Trinajstić information content (AvgIpc) is 3.10. The van der Waals surface area contributed by atoms with Gasteiger partial charge in [0.05, 0.1) is 18.8 Å². The van der Waals surface area contributed by atoms with Crippen LogP contribution in [0.1, 0.15) is 46.3 Å². The first kappa shape index (κ1) is 16.7. The molecule has 4 rings (SSSR count). The summed E-state index contributed by atoms with van der Waals surface area (Å²) < 4.78 is 7.37. The van der Waals surface area contributed by atoms with E-state index in [-0.39, 0.29) is 11.8 Å². The van der Waals surface area contributed by atoms with Crippen molar-refractivity contribution in [1.82, 2.24) is 24.7 Å². The Morgan fingerprint density at radius 1 is 1.31 bits per heavy atom. The standard InChI is InChI=1S/C19H21N5O2/c1-13-4-5-17-23-16(11-24(17)10-13)19(25)21-9-15-6-7-20-18(22-15)14-3-2-8-26-12-14/h4-7,10-11,14H,2-3,8-9,12H2,1H3,(H,21,25)/t14-/m0/s1. The number of fused-ring (bicyclic) bond motifs is 1. The summed E-state index contributed by atoms with van der Waals surface area (Å²) in [6.07, 6.45) is 7.50. The van der Waals surface area contributed by atoms with Crippen molar-refractivity contribution in [2.24, 2.45) is 0 Å². The molecule has 26 heavy (non-hydrogen) atoms. The number of hydrogen-bond acceptors (Lipinski definition) is 5. The highest BCUT2D eigenvalue weighted by Gasteiger charge is 2.19. The number of hydrogen-bond donors (Lipinski definition) is 1. The van der Waals surface area contributed by atoms with Crippen molar-refractivity contribution >= 4 is 11.6 Å². The second-order valence-electron chi connectivity index (χ2n) is 6.60. The first-order valence-electron chi connectivity index (χ1n) is 8.82. The van der Waals surface area contributed by atoms with Crippen LogP contribution in [0.3, 0.4) is 0 Å². The van der Waals surface area contributed by atoms with Gasteiger partial charge in [0.1, 0.15) is 17.2 Å². The van der Waals surface area contributed by atoms with Gasteiger partial charge in [-0.2, -0.15) is 0 Å². The van der Waals surface area contributed by atoms with E-state index < -0.39 is 0 Å². The maximum Gasteiger partial charge on any atom is 0.271 e. The van der Waals surface area contributed by atoms with Crippen LogP contribution >= 0.6 is 0 Å². The minimum absolute atomic E-state index is 0.215. The van der Waals surface area contributed by atoms with Crippen molar-refractivity contribution in [2.45, 2.75) is 32.2 Å². The van der Waals surface area contributed by atoms with Crippen LogP contribution in [0.5, 0.6) is 0 Å². The van der Waals surface area contributed by atoms with E-state index in [9.17, 15) is 4.79 Å². The van der Waals surface area contributed by atoms with Crippen LogP contribution in [-0.4, -0.2) is 38.5 Å². The second kappa shape index (κ2) is 7.21. The van der Waals surface area contributed by atoms with Gasteiger partial charge in [0.2, 0.25) is 0 Å². The lowest BCUT2D eigenvalue weighted by Crippen LogP contribution is -2.24. The van der Waals surface area contributed by atoms with E-state index in [0.29, 0.717) is 18.8 Å². The number of carbonyl (C=O) groups excluding carboxylic acids is 1. The maximum absolute atomic E-state index is 12.4. The molecule has 7 heteroatoms. The molecule has 1 fully saturated rings. The number of aryl methyl sites for hydroxylation is 1. The van der Waals surface area contributed by atoms with Gasteiger partial charge < -0.3 is 14.5 Å². The fourth-order valence-corrected chi connectivity index (χ4v) is 3.13. The highest BCUT2D eigenvalue weighted by molar-refractivity contribution is 5.92. The topological polar surface area (TPSA) is 81.4 Å². The van der Waals surface area contributed by atoms with Crippen LogP contribution in [0.2, 0.25) is 0 Å². The second-order valence-corrected chi connectivity index (χ2v) is 6.60. The van der Waals surface area contributed by atoms with Crippen molar-refractivity contribution < 1.29 is 9.53 Å². The van der Waals surface area contributed by atoms with E-state index in [4.69, 9.17) is 4.74 Å². The number of carbonyl (C=O) groups is 1. The smallest absolute Gasteiger partial charge is 0.271 e. The van der Waals surface area contributed by atoms with Crippen molar-refractivity contribution in [2.75, 3.05) is 13.2 Å². The molecule has 1 atom stereocenters. The Labute approximate surface area is 151 Å². The normalized spacial score (nSPS) is 17.3. The van der Waals surface area contributed by atoms with Crippen molar-refractivity contribution in [3.05, 3.63) is 59.6 Å². The van der Waals surface area contributed by atoms with Gasteiger partial charge in [0.25, 0.3) is 5.91 Å². The molecule has 3 aromatic heterocycles. The minimum Gasteiger partial charge on any atom is -0.381 e. The van der Waals surface area contributed by atoms with Gasteiger partial charge >= 0.3 is 0 Å². The van der Waals surface area contributed by atoms with Gasteiger partial charge in [0.15, 0.2) is 0 Å². The molecule has 1 aliphatic rings. The molecule has 3 aromatic rings. The first-order valence-corrected chi connectivity index (χ1v) is 8.82. The Morgan fingerprint density at radius 2 is 2.23 bits per heavy atom. The molecule has 7 nitrogen and oxygen atoms in total. The molecular weight excluding hydrogens is 330 g/mol. The van der Waals surface area contributed by atoms with Crippen LogP contribution < -0.4 is 5.32 Å². The lowest BCUT2D eigenvalue weighted by atomic mass is 10.0. The van der Waals surface area contributed by atoms with Crippen LogP contribution in [-0.2, 0) is 11.3 Å². The summed E-state index contributed by atoms with van der Waals surface area (Å²) in [5.41, 5.74) is 3.04. The maximum atomic E-state index is 12.4. The fourth-order valence-electron chi connectivity index (χ4n) is 3.13. The van der Waals surface area contributed by atoms with Crippen LogP contribution in [0, 0.1) is 6.92 Å². The Kier molecular flexibility index (Phi) is 4.62. The SMILES string of the molecule is Cc1ccc2nc(C(=O)NCc3ccnc([C@H]4CCCOC4)n3)cn2c1. The Bertz CT molecular complexity index is 931. The monoisotopic (exact) mass is 351 g/mol. The number of imidazole rings is 1. The number of aromatic nitrogens is 4. The average molecular weight is 351 g/mol. The van der Waals surface area contributed by atoms with E-state index in [1.807, 2.05) is 35.7 Å². The molecule has 4 heterocycles. The molecule has 0 bridgehead atoms. The molecule has 1 saturated heterocycles. The Morgan fingerprint density at radius 3 is 3.08 bits per heavy atom. The van der Waals surface area contributed by atoms with E-state index in [2.05, 4.69) is 20.3 Å². The van der Waals surface area contributed by atoms with E-state index >= 15 is 0 Å². The van der Waals surface area contributed by atoms with E-state index in [1.165, 1.54) is 0 Å². The number of nitrogens with zero attached hydrogens (tertiary/aromatic N) is 4. The molecule has 0 aliphatic carbocycles. The molecule has 0 saturated carbocycles. The molecule has 0 aromatic carbocycles. The van der Waals surface area contributed by atoms with Gasteiger partial charge in [-0.05, 0) is 37.5 Å². The summed E-state index contributed by atoms with van der Waals surface area (Å²) in [5, 5.41) is 2.88. The number of ether oxygens (including phenoxy) is 1. The summed E-state index contributed by atoms with van der Waals surface area (Å²) >= 11 is 0. The van der Waals surface area contributed by atoms with E-state index in [0.717, 1.165) is 42.2 Å².